The summed E-state index contributed by atoms with van der Waals surface area (Å²) in [5.74, 6) is -1.56. The van der Waals surface area contributed by atoms with Crippen molar-refractivity contribution in [1.82, 2.24) is 4.90 Å². The Hall–Kier alpha value is -2.42. The average molecular weight is 426 g/mol. The fourth-order valence-corrected chi connectivity index (χ4v) is 3.64. The van der Waals surface area contributed by atoms with E-state index < -0.39 is 11.9 Å². The summed E-state index contributed by atoms with van der Waals surface area (Å²) in [7, 11) is 1.63. The van der Waals surface area contributed by atoms with Crippen molar-refractivity contribution in [2.75, 3.05) is 40.0 Å². The summed E-state index contributed by atoms with van der Waals surface area (Å²) in [5, 5.41) is 16.2. The van der Waals surface area contributed by atoms with Gasteiger partial charge in [0, 0.05) is 48.8 Å². The number of benzene rings is 1. The molecule has 1 unspecified atom stereocenters. The van der Waals surface area contributed by atoms with Crippen LogP contribution >= 0.6 is 11.6 Å². The van der Waals surface area contributed by atoms with Gasteiger partial charge in [0.05, 0.1) is 25.3 Å². The first-order chi connectivity index (χ1) is 13.8. The molecule has 0 amide bonds. The zero-order chi connectivity index (χ0) is 21.4. The quantitative estimate of drug-likeness (QED) is 0.690. The van der Waals surface area contributed by atoms with Gasteiger partial charge in [-0.15, -0.1) is 0 Å². The second-order valence-corrected chi connectivity index (χ2v) is 7.03. The van der Waals surface area contributed by atoms with Gasteiger partial charge in [-0.05, 0) is 25.0 Å². The number of aliphatic carboxylic acids is 2. The number of hydrogen-bond acceptors (Lipinski definition) is 6. The number of carboxylic acid groups (broad SMARTS) is 2. The highest BCUT2D eigenvalue weighted by Crippen LogP contribution is 2.36. The standard InChI is InChI=1S/C16H20ClNO3.C4H4O4/c1-20-14-5-4-13(17)15-12(14)3-2-11(16(15)19)10-18-6-8-21-9-7-18;5-3(6)1-2-4(7)8/h4-5,11H,2-3,6-10H2,1H3;1-2H,(H,5,6)(H,7,8)/b;2-1-. The average Bonchev–Trinajstić information content (AvgIpc) is 2.70. The van der Waals surface area contributed by atoms with Crippen LogP contribution in [0.25, 0.3) is 0 Å². The molecule has 2 N–H and O–H groups in total. The number of carbonyl (C=O) groups is 3. The number of ketones is 1. The van der Waals surface area contributed by atoms with E-state index in [0.717, 1.165) is 57.0 Å². The van der Waals surface area contributed by atoms with E-state index in [0.29, 0.717) is 22.7 Å². The van der Waals surface area contributed by atoms with Crippen LogP contribution in [0.1, 0.15) is 22.3 Å². The van der Waals surface area contributed by atoms with Gasteiger partial charge in [-0.1, -0.05) is 11.6 Å². The fraction of sp³-hybridized carbons (Fsp3) is 0.450. The molecule has 9 heteroatoms. The molecule has 1 atom stereocenters. The number of rotatable bonds is 5. The third-order valence-electron chi connectivity index (χ3n) is 4.75. The molecular formula is C20H24ClNO7. The molecule has 1 aromatic rings. The molecule has 1 aromatic carbocycles. The van der Waals surface area contributed by atoms with Crippen LogP contribution in [0, 0.1) is 5.92 Å². The van der Waals surface area contributed by atoms with Gasteiger partial charge in [0.2, 0.25) is 0 Å². The van der Waals surface area contributed by atoms with Crippen LogP contribution < -0.4 is 4.74 Å². The molecule has 1 fully saturated rings. The third-order valence-corrected chi connectivity index (χ3v) is 5.06. The summed E-state index contributed by atoms with van der Waals surface area (Å²) in [6, 6.07) is 3.60. The normalized spacial score (nSPS) is 19.2. The Morgan fingerprint density at radius 3 is 2.41 bits per heavy atom. The van der Waals surface area contributed by atoms with Gasteiger partial charge < -0.3 is 19.7 Å². The summed E-state index contributed by atoms with van der Waals surface area (Å²) in [5.41, 5.74) is 1.63. The molecule has 1 saturated heterocycles. The Labute approximate surface area is 173 Å². The lowest BCUT2D eigenvalue weighted by atomic mass is 9.82. The summed E-state index contributed by atoms with van der Waals surface area (Å²) in [6.07, 6.45) is 2.82. The Morgan fingerprint density at radius 1 is 1.24 bits per heavy atom. The first kappa shape index (κ1) is 22.9. The third kappa shape index (κ3) is 6.56. The van der Waals surface area contributed by atoms with Gasteiger partial charge in [0.15, 0.2) is 5.78 Å². The summed E-state index contributed by atoms with van der Waals surface area (Å²) in [6.45, 7) is 4.12. The van der Waals surface area contributed by atoms with Gasteiger partial charge >= 0.3 is 11.9 Å². The number of Topliss-reactive ketones (excluding diaryl/α,β-unsaturated/α-hetero) is 1. The lowest BCUT2D eigenvalue weighted by molar-refractivity contribution is -0.134. The van der Waals surface area contributed by atoms with E-state index >= 15 is 0 Å². The van der Waals surface area contributed by atoms with Gasteiger partial charge in [-0.25, -0.2) is 9.59 Å². The molecule has 0 bridgehead atoms. The number of nitrogens with zero attached hydrogens (tertiary/aromatic N) is 1. The Balaban J connectivity index is 0.000000321. The highest BCUT2D eigenvalue weighted by molar-refractivity contribution is 6.34. The minimum atomic E-state index is -1.26. The fourth-order valence-electron chi connectivity index (χ4n) is 3.37. The van der Waals surface area contributed by atoms with Gasteiger partial charge in [0.1, 0.15) is 5.75 Å². The molecule has 0 radical (unpaired) electrons. The van der Waals surface area contributed by atoms with Crippen LogP contribution in [0.3, 0.4) is 0 Å². The van der Waals surface area contributed by atoms with Crippen molar-refractivity contribution in [3.05, 3.63) is 40.4 Å². The number of morpholine rings is 1. The maximum atomic E-state index is 12.8. The monoisotopic (exact) mass is 425 g/mol. The lowest BCUT2D eigenvalue weighted by Gasteiger charge is -2.32. The van der Waals surface area contributed by atoms with E-state index in [1.165, 1.54) is 0 Å². The van der Waals surface area contributed by atoms with Crippen LogP contribution in [0.5, 0.6) is 5.75 Å². The Kier molecular flexibility index (Phi) is 8.63. The van der Waals surface area contributed by atoms with Crippen molar-refractivity contribution in [1.29, 1.82) is 0 Å². The van der Waals surface area contributed by atoms with Gasteiger partial charge in [-0.2, -0.15) is 0 Å². The number of carbonyl (C=O) groups excluding carboxylic acids is 1. The van der Waals surface area contributed by atoms with Crippen LogP contribution in [0.2, 0.25) is 5.02 Å². The molecule has 1 aliphatic carbocycles. The van der Waals surface area contributed by atoms with Crippen LogP contribution in [-0.2, 0) is 20.7 Å². The number of hydrogen-bond donors (Lipinski definition) is 2. The summed E-state index contributed by atoms with van der Waals surface area (Å²) < 4.78 is 10.7. The highest BCUT2D eigenvalue weighted by atomic mass is 35.5. The maximum Gasteiger partial charge on any atom is 0.328 e. The lowest BCUT2D eigenvalue weighted by Crippen LogP contribution is -2.42. The molecule has 0 spiro atoms. The number of fused-ring (bicyclic) bond motifs is 1. The molecule has 29 heavy (non-hydrogen) atoms. The minimum absolute atomic E-state index is 0.0280. The molecule has 1 aliphatic heterocycles. The molecule has 2 aliphatic rings. The van der Waals surface area contributed by atoms with Crippen molar-refractivity contribution >= 4 is 29.3 Å². The van der Waals surface area contributed by atoms with E-state index in [4.69, 9.17) is 31.3 Å². The van der Waals surface area contributed by atoms with Crippen LogP contribution in [0.15, 0.2) is 24.3 Å². The second kappa shape index (κ2) is 10.9. The molecule has 8 nitrogen and oxygen atoms in total. The van der Waals surface area contributed by atoms with Crippen LogP contribution in [0.4, 0.5) is 0 Å². The highest BCUT2D eigenvalue weighted by Gasteiger charge is 2.32. The second-order valence-electron chi connectivity index (χ2n) is 6.63. The summed E-state index contributed by atoms with van der Waals surface area (Å²) >= 11 is 6.26. The predicted octanol–water partition coefficient (Wildman–Crippen LogP) is 2.14. The Morgan fingerprint density at radius 2 is 1.86 bits per heavy atom. The SMILES string of the molecule is COc1ccc(Cl)c2c1CCC(CN1CCOCC1)C2=O.O=C(O)/C=C\C(=O)O. The van der Waals surface area contributed by atoms with Crippen molar-refractivity contribution < 1.29 is 34.1 Å². The van der Waals surface area contributed by atoms with E-state index in [1.807, 2.05) is 6.07 Å². The first-order valence-corrected chi connectivity index (χ1v) is 9.55. The molecular weight excluding hydrogens is 402 g/mol. The number of methoxy groups -OCH3 is 1. The zero-order valence-electron chi connectivity index (χ0n) is 16.1. The molecule has 3 rings (SSSR count). The number of ether oxygens (including phenoxy) is 2. The Bertz CT molecular complexity index is 771. The molecule has 0 aromatic heterocycles. The van der Waals surface area contributed by atoms with Crippen LogP contribution in [-0.4, -0.2) is 72.8 Å². The van der Waals surface area contributed by atoms with E-state index in [1.54, 1.807) is 13.2 Å². The molecule has 158 valence electrons. The molecule has 0 saturated carbocycles. The zero-order valence-corrected chi connectivity index (χ0v) is 16.9. The molecule has 1 heterocycles. The van der Waals surface area contributed by atoms with E-state index in [2.05, 4.69) is 4.90 Å². The van der Waals surface area contributed by atoms with E-state index in [-0.39, 0.29) is 11.7 Å². The number of carboxylic acids is 2. The largest absolute Gasteiger partial charge is 0.496 e. The van der Waals surface area contributed by atoms with Crippen molar-refractivity contribution in [3.63, 3.8) is 0 Å². The predicted molar refractivity (Wildman–Crippen MR) is 106 cm³/mol. The van der Waals surface area contributed by atoms with Crippen molar-refractivity contribution in [2.24, 2.45) is 5.92 Å². The van der Waals surface area contributed by atoms with Gasteiger partial charge in [-0.3, -0.25) is 9.69 Å². The first-order valence-electron chi connectivity index (χ1n) is 9.17. The minimum Gasteiger partial charge on any atom is -0.496 e. The number of halogens is 1. The van der Waals surface area contributed by atoms with E-state index in [9.17, 15) is 14.4 Å². The maximum absolute atomic E-state index is 12.8. The van der Waals surface area contributed by atoms with Gasteiger partial charge in [0.25, 0.3) is 0 Å². The topological polar surface area (TPSA) is 113 Å². The summed E-state index contributed by atoms with van der Waals surface area (Å²) in [4.78, 5) is 34.2. The van der Waals surface area contributed by atoms with Crippen molar-refractivity contribution in [2.45, 2.75) is 12.8 Å². The van der Waals surface area contributed by atoms with Crippen molar-refractivity contribution in [3.8, 4) is 5.75 Å². The smallest absolute Gasteiger partial charge is 0.328 e.